The summed E-state index contributed by atoms with van der Waals surface area (Å²) in [6.45, 7) is 2.40. The van der Waals surface area contributed by atoms with Crippen LogP contribution in [0.25, 0.3) is 0 Å². The largest absolute Gasteiger partial charge is 0.349 e. The molecule has 0 spiro atoms. The smallest absolute Gasteiger partial charge is 0.261 e. The number of likely N-dealkylation sites (tertiary alicyclic amines) is 1. The first-order valence-corrected chi connectivity index (χ1v) is 9.60. The van der Waals surface area contributed by atoms with Gasteiger partial charge in [-0.3, -0.25) is 9.59 Å². The van der Waals surface area contributed by atoms with Gasteiger partial charge in [-0.15, -0.1) is 11.3 Å². The van der Waals surface area contributed by atoms with E-state index in [0.717, 1.165) is 30.8 Å². The van der Waals surface area contributed by atoms with E-state index < -0.39 is 0 Å². The number of nitrogens with zero attached hydrogens (tertiary/aromatic N) is 1. The van der Waals surface area contributed by atoms with Gasteiger partial charge in [0.05, 0.1) is 4.88 Å². The standard InChI is InChI=1S/C19H22FN3O2S/c20-14-3-5-15(6-4-14)21-18(24)9-12-23-10-7-16(8-11-23)22-19(25)17-2-1-13-26-17/h1-6,13,16H,7-12H2,(H,21,24)(H,22,25). The highest BCUT2D eigenvalue weighted by Crippen LogP contribution is 2.14. The molecule has 0 aliphatic carbocycles. The second-order valence-corrected chi connectivity index (χ2v) is 7.32. The molecular formula is C19H22FN3O2S. The van der Waals surface area contributed by atoms with Gasteiger partial charge in [-0.1, -0.05) is 6.07 Å². The molecule has 2 N–H and O–H groups in total. The third kappa shape index (κ3) is 5.37. The molecule has 26 heavy (non-hydrogen) atoms. The number of nitrogens with one attached hydrogen (secondary N) is 2. The van der Waals surface area contributed by atoms with Gasteiger partial charge in [0.2, 0.25) is 5.91 Å². The van der Waals surface area contributed by atoms with E-state index in [1.807, 2.05) is 17.5 Å². The number of amides is 2. The number of thiophene rings is 1. The van der Waals surface area contributed by atoms with Crippen molar-refractivity contribution in [2.45, 2.75) is 25.3 Å². The number of hydrogen-bond donors (Lipinski definition) is 2. The molecule has 2 amide bonds. The summed E-state index contributed by atoms with van der Waals surface area (Å²) < 4.78 is 12.9. The Kier molecular flexibility index (Phi) is 6.35. The summed E-state index contributed by atoms with van der Waals surface area (Å²) in [6.07, 6.45) is 2.16. The highest BCUT2D eigenvalue weighted by molar-refractivity contribution is 7.12. The van der Waals surface area contributed by atoms with Crippen LogP contribution >= 0.6 is 11.3 Å². The van der Waals surface area contributed by atoms with Gasteiger partial charge < -0.3 is 15.5 Å². The molecule has 1 saturated heterocycles. The van der Waals surface area contributed by atoms with Crippen LogP contribution in [0.5, 0.6) is 0 Å². The van der Waals surface area contributed by atoms with Gasteiger partial charge in [-0.25, -0.2) is 4.39 Å². The maximum atomic E-state index is 12.9. The van der Waals surface area contributed by atoms with Gasteiger partial charge in [0.15, 0.2) is 0 Å². The van der Waals surface area contributed by atoms with Gasteiger partial charge in [-0.05, 0) is 48.6 Å². The van der Waals surface area contributed by atoms with Gasteiger partial charge in [0, 0.05) is 37.8 Å². The second-order valence-electron chi connectivity index (χ2n) is 6.37. The van der Waals surface area contributed by atoms with Crippen LogP contribution in [0.4, 0.5) is 10.1 Å². The quantitative estimate of drug-likeness (QED) is 0.816. The third-order valence-electron chi connectivity index (χ3n) is 4.45. The van der Waals surface area contributed by atoms with Gasteiger partial charge in [0.1, 0.15) is 5.82 Å². The number of hydrogen-bond acceptors (Lipinski definition) is 4. The molecule has 1 aromatic carbocycles. The van der Waals surface area contributed by atoms with Crippen molar-refractivity contribution in [2.75, 3.05) is 25.0 Å². The zero-order chi connectivity index (χ0) is 18.4. The normalized spacial score (nSPS) is 15.6. The molecule has 1 aromatic heterocycles. The highest BCUT2D eigenvalue weighted by atomic mass is 32.1. The number of carbonyl (C=O) groups is 2. The molecule has 3 rings (SSSR count). The molecule has 2 heterocycles. The van der Waals surface area contributed by atoms with E-state index in [1.54, 1.807) is 12.1 Å². The molecule has 0 radical (unpaired) electrons. The lowest BCUT2D eigenvalue weighted by Gasteiger charge is -2.32. The maximum Gasteiger partial charge on any atom is 0.261 e. The fourth-order valence-corrected chi connectivity index (χ4v) is 3.61. The molecule has 0 atom stereocenters. The molecule has 1 aliphatic rings. The van der Waals surface area contributed by atoms with Crippen LogP contribution in [0, 0.1) is 5.82 Å². The van der Waals surface area contributed by atoms with E-state index in [-0.39, 0.29) is 23.7 Å². The summed E-state index contributed by atoms with van der Waals surface area (Å²) in [7, 11) is 0. The molecule has 5 nitrogen and oxygen atoms in total. The van der Waals surface area contributed by atoms with Crippen LogP contribution in [-0.4, -0.2) is 42.4 Å². The Balaban J connectivity index is 1.35. The van der Waals surface area contributed by atoms with E-state index in [9.17, 15) is 14.0 Å². The van der Waals surface area contributed by atoms with Crippen LogP contribution in [0.15, 0.2) is 41.8 Å². The summed E-state index contributed by atoms with van der Waals surface area (Å²) in [6, 6.07) is 9.64. The third-order valence-corrected chi connectivity index (χ3v) is 5.32. The average Bonchev–Trinajstić information content (AvgIpc) is 3.18. The van der Waals surface area contributed by atoms with E-state index in [2.05, 4.69) is 15.5 Å². The number of benzene rings is 1. The van der Waals surface area contributed by atoms with Crippen molar-refractivity contribution < 1.29 is 14.0 Å². The van der Waals surface area contributed by atoms with Crippen LogP contribution in [0.1, 0.15) is 28.9 Å². The fraction of sp³-hybridized carbons (Fsp3) is 0.368. The SMILES string of the molecule is O=C(CCN1CCC(NC(=O)c2cccs2)CC1)Nc1ccc(F)cc1. The lowest BCUT2D eigenvalue weighted by Crippen LogP contribution is -2.45. The van der Waals surface area contributed by atoms with Crippen molar-refractivity contribution in [3.05, 3.63) is 52.5 Å². The van der Waals surface area contributed by atoms with Crippen molar-refractivity contribution in [3.63, 3.8) is 0 Å². The Morgan fingerprint density at radius 2 is 1.88 bits per heavy atom. The first kappa shape index (κ1) is 18.5. The molecule has 138 valence electrons. The van der Waals surface area contributed by atoms with Crippen molar-refractivity contribution in [1.29, 1.82) is 0 Å². The van der Waals surface area contributed by atoms with Crippen molar-refractivity contribution in [3.8, 4) is 0 Å². The maximum absolute atomic E-state index is 12.9. The van der Waals surface area contributed by atoms with E-state index >= 15 is 0 Å². The van der Waals surface area contributed by atoms with Crippen LogP contribution < -0.4 is 10.6 Å². The Labute approximate surface area is 156 Å². The van der Waals surface area contributed by atoms with Crippen LogP contribution in [0.2, 0.25) is 0 Å². The van der Waals surface area contributed by atoms with Crippen molar-refractivity contribution in [2.24, 2.45) is 0 Å². The summed E-state index contributed by atoms with van der Waals surface area (Å²) in [5, 5.41) is 7.75. The number of halogens is 1. The molecule has 0 bridgehead atoms. The van der Waals surface area contributed by atoms with Crippen LogP contribution in [-0.2, 0) is 4.79 Å². The van der Waals surface area contributed by atoms with Crippen LogP contribution in [0.3, 0.4) is 0 Å². The molecule has 0 saturated carbocycles. The molecule has 2 aromatic rings. The highest BCUT2D eigenvalue weighted by Gasteiger charge is 2.21. The average molecular weight is 375 g/mol. The predicted octanol–water partition coefficient (Wildman–Crippen LogP) is 3.11. The number of carbonyl (C=O) groups excluding carboxylic acids is 2. The molecule has 7 heteroatoms. The van der Waals surface area contributed by atoms with E-state index in [0.29, 0.717) is 18.7 Å². The summed E-state index contributed by atoms with van der Waals surface area (Å²) in [5.74, 6) is -0.404. The Morgan fingerprint density at radius 1 is 1.15 bits per heavy atom. The minimum atomic E-state index is -0.322. The first-order valence-electron chi connectivity index (χ1n) is 8.72. The second kappa shape index (κ2) is 8.91. The molecular weight excluding hydrogens is 353 g/mol. The number of piperidine rings is 1. The zero-order valence-electron chi connectivity index (χ0n) is 14.4. The number of anilines is 1. The lowest BCUT2D eigenvalue weighted by atomic mass is 10.0. The zero-order valence-corrected chi connectivity index (χ0v) is 15.2. The first-order chi connectivity index (χ1) is 12.6. The molecule has 1 aliphatic heterocycles. The minimum absolute atomic E-state index is 0.00266. The topological polar surface area (TPSA) is 61.4 Å². The molecule has 0 unspecified atom stereocenters. The van der Waals surface area contributed by atoms with E-state index in [1.165, 1.54) is 23.5 Å². The number of rotatable bonds is 6. The Bertz CT molecular complexity index is 726. The lowest BCUT2D eigenvalue weighted by molar-refractivity contribution is -0.116. The predicted molar refractivity (Wildman–Crippen MR) is 101 cm³/mol. The van der Waals surface area contributed by atoms with Gasteiger partial charge >= 0.3 is 0 Å². The van der Waals surface area contributed by atoms with E-state index in [4.69, 9.17) is 0 Å². The summed E-state index contributed by atoms with van der Waals surface area (Å²) in [5.41, 5.74) is 0.603. The monoisotopic (exact) mass is 375 g/mol. The molecule has 1 fully saturated rings. The van der Waals surface area contributed by atoms with Crippen molar-refractivity contribution >= 4 is 28.8 Å². The van der Waals surface area contributed by atoms with Gasteiger partial charge in [-0.2, -0.15) is 0 Å². The Morgan fingerprint density at radius 3 is 2.54 bits per heavy atom. The summed E-state index contributed by atoms with van der Waals surface area (Å²) in [4.78, 5) is 27.0. The van der Waals surface area contributed by atoms with Gasteiger partial charge in [0.25, 0.3) is 5.91 Å². The van der Waals surface area contributed by atoms with Crippen molar-refractivity contribution in [1.82, 2.24) is 10.2 Å². The Hall–Kier alpha value is -2.25. The fourth-order valence-electron chi connectivity index (χ4n) is 2.98. The summed E-state index contributed by atoms with van der Waals surface area (Å²) >= 11 is 1.45. The minimum Gasteiger partial charge on any atom is -0.349 e.